The molecule has 28 heavy (non-hydrogen) atoms. The number of carbonyl (C=O) groups is 2. The van der Waals surface area contributed by atoms with Crippen molar-refractivity contribution >= 4 is 12.1 Å². The van der Waals surface area contributed by atoms with E-state index in [0.29, 0.717) is 0 Å². The molecule has 158 valence electrons. The van der Waals surface area contributed by atoms with Crippen LogP contribution in [0.5, 0.6) is 0 Å². The van der Waals surface area contributed by atoms with Crippen LogP contribution in [0.3, 0.4) is 0 Å². The minimum atomic E-state index is -0.568. The van der Waals surface area contributed by atoms with Crippen molar-refractivity contribution in [1.82, 2.24) is 4.90 Å². The number of nitrogens with zero attached hydrogens (tertiary/aromatic N) is 1. The highest BCUT2D eigenvalue weighted by atomic mass is 16.6. The first kappa shape index (κ1) is 24.0. The second kappa shape index (κ2) is 11.1. The highest BCUT2D eigenvalue weighted by Crippen LogP contribution is 2.23. The molecule has 0 spiro atoms. The Balaban J connectivity index is 2.85. The van der Waals surface area contributed by atoms with Crippen molar-refractivity contribution in [2.24, 2.45) is 5.92 Å². The molecule has 0 aliphatic carbocycles. The Morgan fingerprint density at radius 2 is 1.75 bits per heavy atom. The van der Waals surface area contributed by atoms with Crippen LogP contribution in [0.4, 0.5) is 4.79 Å². The van der Waals surface area contributed by atoms with Crippen molar-refractivity contribution in [3.63, 3.8) is 0 Å². The van der Waals surface area contributed by atoms with E-state index < -0.39 is 17.8 Å². The SMILES string of the molecule is CC[C@H](C)[C@@H]([C@@H](CC(=O)OC(C)(C)C)OC)N(C)C(=O)OCc1ccccc1. The molecule has 1 rings (SSSR count). The van der Waals surface area contributed by atoms with Crippen LogP contribution in [-0.2, 0) is 25.6 Å². The van der Waals surface area contributed by atoms with Gasteiger partial charge in [-0.1, -0.05) is 50.6 Å². The van der Waals surface area contributed by atoms with Gasteiger partial charge in [0.05, 0.1) is 18.6 Å². The molecule has 6 nitrogen and oxygen atoms in total. The van der Waals surface area contributed by atoms with E-state index in [4.69, 9.17) is 14.2 Å². The van der Waals surface area contributed by atoms with Crippen LogP contribution >= 0.6 is 0 Å². The summed E-state index contributed by atoms with van der Waals surface area (Å²) in [6.07, 6.45) is -0.0340. The van der Waals surface area contributed by atoms with Crippen LogP contribution in [-0.4, -0.2) is 48.9 Å². The molecule has 3 atom stereocenters. The lowest BCUT2D eigenvalue weighted by Gasteiger charge is -2.37. The summed E-state index contributed by atoms with van der Waals surface area (Å²) in [5, 5.41) is 0. The van der Waals surface area contributed by atoms with E-state index in [1.165, 1.54) is 4.90 Å². The van der Waals surface area contributed by atoms with Gasteiger partial charge in [0.15, 0.2) is 0 Å². The predicted molar refractivity (Wildman–Crippen MR) is 109 cm³/mol. The standard InChI is InChI=1S/C22H35NO5/c1-8-16(2)20(18(26-7)14-19(24)28-22(3,4)5)23(6)21(25)27-15-17-12-10-9-11-13-17/h9-13,16,18,20H,8,14-15H2,1-7H3/t16-,18+,20-/m0/s1. The molecule has 0 heterocycles. The van der Waals surface area contributed by atoms with Crippen molar-refractivity contribution in [2.45, 2.75) is 71.8 Å². The molecule has 0 N–H and O–H groups in total. The number of hydrogen-bond donors (Lipinski definition) is 0. The predicted octanol–water partition coefficient (Wildman–Crippen LogP) is 4.42. The van der Waals surface area contributed by atoms with Gasteiger partial charge < -0.3 is 19.1 Å². The van der Waals surface area contributed by atoms with Crippen molar-refractivity contribution in [2.75, 3.05) is 14.2 Å². The first-order valence-corrected chi connectivity index (χ1v) is 9.77. The summed E-state index contributed by atoms with van der Waals surface area (Å²) in [5.41, 5.74) is 0.350. The topological polar surface area (TPSA) is 65.1 Å². The summed E-state index contributed by atoms with van der Waals surface area (Å²) >= 11 is 0. The van der Waals surface area contributed by atoms with Crippen molar-refractivity contribution in [3.05, 3.63) is 35.9 Å². The number of amides is 1. The van der Waals surface area contributed by atoms with Crippen LogP contribution in [0, 0.1) is 5.92 Å². The van der Waals surface area contributed by atoms with E-state index in [-0.39, 0.29) is 31.0 Å². The minimum Gasteiger partial charge on any atom is -0.460 e. The lowest BCUT2D eigenvalue weighted by molar-refractivity contribution is -0.159. The Kier molecular flexibility index (Phi) is 9.46. The molecule has 0 saturated heterocycles. The summed E-state index contributed by atoms with van der Waals surface area (Å²) in [6, 6.07) is 9.20. The van der Waals surface area contributed by atoms with Gasteiger partial charge in [-0.2, -0.15) is 0 Å². The Labute approximate surface area is 169 Å². The highest BCUT2D eigenvalue weighted by Gasteiger charge is 2.35. The molecule has 0 bridgehead atoms. The molecule has 0 radical (unpaired) electrons. The normalized spacial score (nSPS) is 14.7. The van der Waals surface area contributed by atoms with Crippen molar-refractivity contribution in [1.29, 1.82) is 0 Å². The maximum absolute atomic E-state index is 12.6. The number of ether oxygens (including phenoxy) is 3. The molecular weight excluding hydrogens is 358 g/mol. The molecule has 6 heteroatoms. The van der Waals surface area contributed by atoms with E-state index in [9.17, 15) is 9.59 Å². The van der Waals surface area contributed by atoms with E-state index in [2.05, 4.69) is 0 Å². The molecule has 1 aromatic rings. The van der Waals surface area contributed by atoms with Gasteiger partial charge in [0.2, 0.25) is 0 Å². The quantitative estimate of drug-likeness (QED) is 0.581. The van der Waals surface area contributed by atoms with Crippen LogP contribution < -0.4 is 0 Å². The van der Waals surface area contributed by atoms with E-state index in [0.717, 1.165) is 12.0 Å². The maximum atomic E-state index is 12.6. The Morgan fingerprint density at radius 1 is 1.14 bits per heavy atom. The average molecular weight is 394 g/mol. The number of carbonyl (C=O) groups excluding carboxylic acids is 2. The summed E-state index contributed by atoms with van der Waals surface area (Å²) in [5.74, 6) is -0.236. The van der Waals surface area contributed by atoms with E-state index >= 15 is 0 Å². The van der Waals surface area contributed by atoms with Crippen molar-refractivity contribution < 1.29 is 23.8 Å². The second-order valence-electron chi connectivity index (χ2n) is 8.09. The largest absolute Gasteiger partial charge is 0.460 e. The number of esters is 1. The zero-order chi connectivity index (χ0) is 21.3. The molecule has 0 aliphatic heterocycles. The minimum absolute atomic E-state index is 0.0685. The van der Waals surface area contributed by atoms with Crippen LogP contribution in [0.1, 0.15) is 53.0 Å². The van der Waals surface area contributed by atoms with Gasteiger partial charge in [0.25, 0.3) is 0 Å². The average Bonchev–Trinajstić information content (AvgIpc) is 2.64. The molecule has 0 aliphatic rings. The van der Waals surface area contributed by atoms with Gasteiger partial charge >= 0.3 is 12.1 Å². The summed E-state index contributed by atoms with van der Waals surface area (Å²) in [7, 11) is 3.23. The Hall–Kier alpha value is -2.08. The summed E-state index contributed by atoms with van der Waals surface area (Å²) in [4.78, 5) is 26.5. The van der Waals surface area contributed by atoms with Gasteiger partial charge in [0.1, 0.15) is 12.2 Å². The second-order valence-corrected chi connectivity index (χ2v) is 8.09. The molecule has 1 aromatic carbocycles. The lowest BCUT2D eigenvalue weighted by atomic mass is 9.91. The molecule has 1 amide bonds. The zero-order valence-electron chi connectivity index (χ0n) is 18.2. The van der Waals surface area contributed by atoms with Gasteiger partial charge in [-0.3, -0.25) is 4.79 Å². The zero-order valence-corrected chi connectivity index (χ0v) is 18.2. The number of benzene rings is 1. The fourth-order valence-electron chi connectivity index (χ4n) is 3.07. The third-order valence-corrected chi connectivity index (χ3v) is 4.64. The van der Waals surface area contributed by atoms with Gasteiger partial charge in [-0.15, -0.1) is 0 Å². The first-order chi connectivity index (χ1) is 13.1. The fraction of sp³-hybridized carbons (Fsp3) is 0.636. The third-order valence-electron chi connectivity index (χ3n) is 4.64. The first-order valence-electron chi connectivity index (χ1n) is 9.77. The van der Waals surface area contributed by atoms with Gasteiger partial charge in [-0.05, 0) is 32.3 Å². The fourth-order valence-corrected chi connectivity index (χ4v) is 3.07. The third kappa shape index (κ3) is 7.89. The van der Waals surface area contributed by atoms with Crippen molar-refractivity contribution in [3.8, 4) is 0 Å². The molecule has 0 fully saturated rings. The number of likely N-dealkylation sites (N-methyl/N-ethyl adjacent to an activating group) is 1. The van der Waals surface area contributed by atoms with Crippen LogP contribution in [0.2, 0.25) is 0 Å². The number of hydrogen-bond acceptors (Lipinski definition) is 5. The van der Waals surface area contributed by atoms with Crippen LogP contribution in [0.25, 0.3) is 0 Å². The van der Waals surface area contributed by atoms with Crippen LogP contribution in [0.15, 0.2) is 30.3 Å². The molecule has 0 unspecified atom stereocenters. The molecular formula is C22H35NO5. The summed E-state index contributed by atoms with van der Waals surface area (Å²) < 4.78 is 16.5. The maximum Gasteiger partial charge on any atom is 0.410 e. The summed E-state index contributed by atoms with van der Waals surface area (Å²) in [6.45, 7) is 9.75. The lowest BCUT2D eigenvalue weighted by Crippen LogP contribution is -2.50. The van der Waals surface area contributed by atoms with Gasteiger partial charge in [0, 0.05) is 14.2 Å². The van der Waals surface area contributed by atoms with E-state index in [1.54, 1.807) is 14.2 Å². The van der Waals surface area contributed by atoms with E-state index in [1.807, 2.05) is 65.0 Å². The molecule has 0 aromatic heterocycles. The highest BCUT2D eigenvalue weighted by molar-refractivity contribution is 5.71. The Morgan fingerprint density at radius 3 is 2.25 bits per heavy atom. The number of rotatable bonds is 9. The Bertz CT molecular complexity index is 611. The number of methoxy groups -OCH3 is 1. The smallest absolute Gasteiger partial charge is 0.410 e. The monoisotopic (exact) mass is 393 g/mol. The van der Waals surface area contributed by atoms with Gasteiger partial charge in [-0.25, -0.2) is 4.79 Å². The molecule has 0 saturated carbocycles.